The molecule has 0 bridgehead atoms. The van der Waals surface area contributed by atoms with Gasteiger partial charge in [-0.05, 0) is 49.3 Å². The van der Waals surface area contributed by atoms with E-state index in [0.29, 0.717) is 12.5 Å². The molecule has 0 aliphatic carbocycles. The van der Waals surface area contributed by atoms with Crippen LogP contribution in [0.1, 0.15) is 40.0 Å². The van der Waals surface area contributed by atoms with Gasteiger partial charge in [0.1, 0.15) is 5.01 Å². The molecule has 5 heteroatoms. The van der Waals surface area contributed by atoms with Crippen molar-refractivity contribution in [2.24, 2.45) is 5.92 Å². The number of rotatable bonds is 7. The molecule has 1 saturated heterocycles. The van der Waals surface area contributed by atoms with E-state index in [0.717, 1.165) is 65.6 Å². The van der Waals surface area contributed by atoms with Gasteiger partial charge < -0.3 is 9.47 Å². The average molecular weight is 532 g/mol. The van der Waals surface area contributed by atoms with Crippen LogP contribution in [0.2, 0.25) is 0 Å². The maximum Gasteiger partial charge on any atom is 0.255 e. The lowest BCUT2D eigenvalue weighted by Gasteiger charge is -2.32. The number of carbonyl (C=O) groups is 1. The van der Waals surface area contributed by atoms with Crippen molar-refractivity contribution >= 4 is 17.2 Å². The molecule has 3 heterocycles. The number of aromatic nitrogens is 2. The third-order valence-electron chi connectivity index (χ3n) is 7.84. The zero-order valence-corrected chi connectivity index (χ0v) is 23.1. The Balaban J connectivity index is 1.26. The maximum absolute atomic E-state index is 13.9. The Morgan fingerprint density at radius 1 is 0.872 bits per heavy atom. The molecule has 3 aromatic carbocycles. The molecule has 1 amide bonds. The Morgan fingerprint density at radius 3 is 2.15 bits per heavy atom. The number of nitrogens with zero attached hydrogens (tertiary/aromatic N) is 3. The Kier molecular flexibility index (Phi) is 7.42. The predicted molar refractivity (Wildman–Crippen MR) is 160 cm³/mol. The zero-order chi connectivity index (χ0) is 26.6. The van der Waals surface area contributed by atoms with E-state index in [1.54, 1.807) is 11.3 Å². The summed E-state index contributed by atoms with van der Waals surface area (Å²) >= 11 is 1.65. The standard InChI is InChI=1S/C34H33N3OS/c1-25-30(34(38)36-19-17-27(18-20-36)21-26-11-5-2-6-12-26)22-32(37(25)23-28-13-7-3-8-14-28)31-24-39-33(35-31)29-15-9-4-10-16-29/h2-16,22,24,27H,17-21,23H2,1H3. The van der Waals surface area contributed by atoms with Crippen molar-refractivity contribution in [3.63, 3.8) is 0 Å². The van der Waals surface area contributed by atoms with Crippen LogP contribution < -0.4 is 0 Å². The number of hydrogen-bond donors (Lipinski definition) is 0. The summed E-state index contributed by atoms with van der Waals surface area (Å²) < 4.78 is 2.26. The summed E-state index contributed by atoms with van der Waals surface area (Å²) in [6.45, 7) is 4.40. The first-order valence-corrected chi connectivity index (χ1v) is 14.6. The highest BCUT2D eigenvalue weighted by molar-refractivity contribution is 7.13. The number of likely N-dealkylation sites (tertiary alicyclic amines) is 1. The molecular formula is C34H33N3OS. The lowest BCUT2D eigenvalue weighted by atomic mass is 9.90. The van der Waals surface area contributed by atoms with Crippen LogP contribution in [0.15, 0.2) is 102 Å². The molecule has 0 unspecified atom stereocenters. The number of thiazole rings is 1. The van der Waals surface area contributed by atoms with Crippen molar-refractivity contribution in [2.45, 2.75) is 32.7 Å². The van der Waals surface area contributed by atoms with E-state index in [1.165, 1.54) is 11.1 Å². The van der Waals surface area contributed by atoms with Crippen molar-refractivity contribution in [1.29, 1.82) is 0 Å². The molecule has 0 saturated carbocycles. The van der Waals surface area contributed by atoms with Crippen molar-refractivity contribution in [2.75, 3.05) is 13.1 Å². The van der Waals surface area contributed by atoms with E-state index >= 15 is 0 Å². The number of hydrogen-bond acceptors (Lipinski definition) is 3. The molecule has 0 atom stereocenters. The van der Waals surface area contributed by atoms with Gasteiger partial charge in [-0.15, -0.1) is 11.3 Å². The monoisotopic (exact) mass is 531 g/mol. The Morgan fingerprint density at radius 2 is 1.49 bits per heavy atom. The summed E-state index contributed by atoms with van der Waals surface area (Å²) in [4.78, 5) is 20.9. The van der Waals surface area contributed by atoms with Crippen LogP contribution in [-0.2, 0) is 13.0 Å². The van der Waals surface area contributed by atoms with E-state index < -0.39 is 0 Å². The fraction of sp³-hybridized carbons (Fsp3) is 0.235. The molecule has 1 aliphatic heterocycles. The lowest BCUT2D eigenvalue weighted by molar-refractivity contribution is 0.0689. The van der Waals surface area contributed by atoms with Gasteiger partial charge in [-0.2, -0.15) is 0 Å². The summed E-state index contributed by atoms with van der Waals surface area (Å²) in [5.74, 6) is 0.763. The highest BCUT2D eigenvalue weighted by atomic mass is 32.1. The van der Waals surface area contributed by atoms with Crippen LogP contribution in [0.4, 0.5) is 0 Å². The largest absolute Gasteiger partial charge is 0.339 e. The van der Waals surface area contributed by atoms with Crippen LogP contribution in [0.25, 0.3) is 22.0 Å². The molecule has 5 aromatic rings. The van der Waals surface area contributed by atoms with Crippen LogP contribution in [0, 0.1) is 12.8 Å². The first kappa shape index (κ1) is 25.3. The topological polar surface area (TPSA) is 38.1 Å². The quantitative estimate of drug-likeness (QED) is 0.216. The molecule has 0 radical (unpaired) electrons. The summed E-state index contributed by atoms with van der Waals surface area (Å²) in [5.41, 5.74) is 7.41. The zero-order valence-electron chi connectivity index (χ0n) is 22.3. The van der Waals surface area contributed by atoms with Crippen molar-refractivity contribution in [3.8, 4) is 22.0 Å². The molecule has 4 nitrogen and oxygen atoms in total. The number of carbonyl (C=O) groups excluding carboxylic acids is 1. The summed E-state index contributed by atoms with van der Waals surface area (Å²) in [5, 5.41) is 3.10. The van der Waals surface area contributed by atoms with E-state index in [4.69, 9.17) is 4.98 Å². The lowest BCUT2D eigenvalue weighted by Crippen LogP contribution is -2.39. The molecule has 1 fully saturated rings. The van der Waals surface area contributed by atoms with Crippen LogP contribution >= 0.6 is 11.3 Å². The molecule has 1 aliphatic rings. The van der Waals surface area contributed by atoms with Gasteiger partial charge in [-0.3, -0.25) is 4.79 Å². The van der Waals surface area contributed by atoms with E-state index in [9.17, 15) is 4.79 Å². The Labute approximate surface area is 234 Å². The minimum Gasteiger partial charge on any atom is -0.339 e. The summed E-state index contributed by atoms with van der Waals surface area (Å²) in [6.07, 6.45) is 3.18. The summed E-state index contributed by atoms with van der Waals surface area (Å²) in [6, 6.07) is 33.5. The van der Waals surface area contributed by atoms with Crippen molar-refractivity contribution in [1.82, 2.24) is 14.5 Å². The molecule has 6 rings (SSSR count). The fourth-order valence-corrected chi connectivity index (χ4v) is 6.43. The first-order valence-electron chi connectivity index (χ1n) is 13.7. The number of benzene rings is 3. The molecule has 0 N–H and O–H groups in total. The maximum atomic E-state index is 13.9. The second-order valence-corrected chi connectivity index (χ2v) is 11.3. The predicted octanol–water partition coefficient (Wildman–Crippen LogP) is 7.73. The van der Waals surface area contributed by atoms with E-state index in [2.05, 4.69) is 94.6 Å². The SMILES string of the molecule is Cc1c(C(=O)N2CCC(Cc3ccccc3)CC2)cc(-c2csc(-c3ccccc3)n2)n1Cc1ccccc1. The van der Waals surface area contributed by atoms with E-state index in [1.807, 2.05) is 24.3 Å². The number of amides is 1. The van der Waals surface area contributed by atoms with Gasteiger partial charge in [0, 0.05) is 36.3 Å². The fourth-order valence-electron chi connectivity index (χ4n) is 5.61. The first-order chi connectivity index (χ1) is 19.2. The minimum atomic E-state index is 0.136. The van der Waals surface area contributed by atoms with Gasteiger partial charge in [0.05, 0.1) is 17.0 Å². The molecule has 2 aromatic heterocycles. The Bertz CT molecular complexity index is 1530. The van der Waals surface area contributed by atoms with E-state index in [-0.39, 0.29) is 5.91 Å². The smallest absolute Gasteiger partial charge is 0.255 e. The molecular weight excluding hydrogens is 498 g/mol. The van der Waals surface area contributed by atoms with Crippen molar-refractivity contribution < 1.29 is 4.79 Å². The third-order valence-corrected chi connectivity index (χ3v) is 8.73. The minimum absolute atomic E-state index is 0.136. The Hall–Kier alpha value is -3.96. The van der Waals surface area contributed by atoms with Gasteiger partial charge in [0.15, 0.2) is 0 Å². The summed E-state index contributed by atoms with van der Waals surface area (Å²) in [7, 11) is 0. The second kappa shape index (κ2) is 11.4. The van der Waals surface area contributed by atoms with Crippen molar-refractivity contribution in [3.05, 3.63) is 125 Å². The van der Waals surface area contributed by atoms with Crippen LogP contribution in [0.5, 0.6) is 0 Å². The van der Waals surface area contributed by atoms with Gasteiger partial charge in [-0.25, -0.2) is 4.98 Å². The van der Waals surface area contributed by atoms with Gasteiger partial charge >= 0.3 is 0 Å². The van der Waals surface area contributed by atoms with Gasteiger partial charge in [-0.1, -0.05) is 91.0 Å². The normalized spacial score (nSPS) is 14.0. The highest BCUT2D eigenvalue weighted by Gasteiger charge is 2.27. The van der Waals surface area contributed by atoms with Gasteiger partial charge in [0.2, 0.25) is 0 Å². The number of piperidine rings is 1. The van der Waals surface area contributed by atoms with Gasteiger partial charge in [0.25, 0.3) is 5.91 Å². The second-order valence-electron chi connectivity index (χ2n) is 10.4. The highest BCUT2D eigenvalue weighted by Crippen LogP contribution is 2.33. The average Bonchev–Trinajstić information content (AvgIpc) is 3.60. The molecule has 196 valence electrons. The molecule has 0 spiro atoms. The molecule has 39 heavy (non-hydrogen) atoms. The van der Waals surface area contributed by atoms with Crippen LogP contribution in [-0.4, -0.2) is 33.4 Å². The van der Waals surface area contributed by atoms with Crippen LogP contribution in [0.3, 0.4) is 0 Å². The third kappa shape index (κ3) is 5.59.